The quantitative estimate of drug-likeness (QED) is 0.719. The van der Waals surface area contributed by atoms with Gasteiger partial charge in [0.1, 0.15) is 0 Å². The van der Waals surface area contributed by atoms with Crippen molar-refractivity contribution in [3.05, 3.63) is 34.9 Å². The monoisotopic (exact) mass is 223 g/mol. The van der Waals surface area contributed by atoms with Crippen LogP contribution in [0.15, 0.2) is 24.3 Å². The summed E-state index contributed by atoms with van der Waals surface area (Å²) in [4.78, 5) is 24.0. The molecule has 0 N–H and O–H groups in total. The average Bonchev–Trinajstić information content (AvgIpc) is 2.50. The molecule has 78 valence electrons. The summed E-state index contributed by atoms with van der Waals surface area (Å²) in [6, 6.07) is 7.19. The molecule has 1 aromatic carbocycles. The normalized spacial score (nSPS) is 16.2. The Kier molecular flexibility index (Phi) is 2.73. The van der Waals surface area contributed by atoms with E-state index in [0.29, 0.717) is 24.4 Å². The third kappa shape index (κ3) is 2.18. The number of rotatable bonds is 2. The van der Waals surface area contributed by atoms with Crippen molar-refractivity contribution in [2.45, 2.75) is 19.4 Å². The van der Waals surface area contributed by atoms with Crippen molar-refractivity contribution in [3.8, 4) is 0 Å². The number of likely N-dealkylation sites (tertiary alicyclic amines) is 1. The first-order valence-corrected chi connectivity index (χ1v) is 5.12. The number of nitrogens with zero attached hydrogens (tertiary/aromatic N) is 1. The number of hydrogen-bond donors (Lipinski definition) is 0. The van der Waals surface area contributed by atoms with E-state index in [1.54, 1.807) is 12.1 Å². The number of benzene rings is 1. The van der Waals surface area contributed by atoms with E-state index in [1.807, 2.05) is 12.1 Å². The van der Waals surface area contributed by atoms with E-state index in [-0.39, 0.29) is 11.8 Å². The summed E-state index contributed by atoms with van der Waals surface area (Å²) in [6.45, 7) is 0.332. The Balaban J connectivity index is 2.15. The molecular formula is C11H10ClNO2. The second kappa shape index (κ2) is 4.03. The van der Waals surface area contributed by atoms with E-state index in [9.17, 15) is 9.59 Å². The SMILES string of the molecule is O=C1CCC(=O)N1Cc1cccc(Cl)c1. The molecule has 1 aliphatic rings. The van der Waals surface area contributed by atoms with E-state index in [4.69, 9.17) is 11.6 Å². The molecule has 1 fully saturated rings. The lowest BCUT2D eigenvalue weighted by atomic mass is 10.2. The number of hydrogen-bond acceptors (Lipinski definition) is 2. The van der Waals surface area contributed by atoms with Crippen molar-refractivity contribution < 1.29 is 9.59 Å². The van der Waals surface area contributed by atoms with Crippen molar-refractivity contribution in [3.63, 3.8) is 0 Å². The molecule has 0 bridgehead atoms. The molecule has 0 aromatic heterocycles. The van der Waals surface area contributed by atoms with Gasteiger partial charge in [0.25, 0.3) is 0 Å². The fourth-order valence-corrected chi connectivity index (χ4v) is 1.83. The molecule has 2 rings (SSSR count). The molecular weight excluding hydrogens is 214 g/mol. The molecule has 1 aliphatic heterocycles. The van der Waals surface area contributed by atoms with Crippen LogP contribution in [0.5, 0.6) is 0 Å². The maximum absolute atomic E-state index is 11.3. The Hall–Kier alpha value is -1.35. The Morgan fingerprint density at radius 3 is 2.47 bits per heavy atom. The van der Waals surface area contributed by atoms with Crippen molar-refractivity contribution in [1.29, 1.82) is 0 Å². The molecule has 3 nitrogen and oxygen atoms in total. The third-order valence-electron chi connectivity index (χ3n) is 2.38. The Morgan fingerprint density at radius 1 is 1.20 bits per heavy atom. The highest BCUT2D eigenvalue weighted by molar-refractivity contribution is 6.30. The standard InChI is InChI=1S/C11H10ClNO2/c12-9-3-1-2-8(6-9)7-13-10(14)4-5-11(13)15/h1-3,6H,4-5,7H2. The first-order valence-electron chi connectivity index (χ1n) is 4.74. The second-order valence-corrected chi connectivity index (χ2v) is 3.94. The summed E-state index contributed by atoms with van der Waals surface area (Å²) in [5.74, 6) is -0.194. The number of carbonyl (C=O) groups excluding carboxylic acids is 2. The Bertz CT molecular complexity index is 401. The summed E-state index contributed by atoms with van der Waals surface area (Å²) in [6.07, 6.45) is 0.665. The minimum atomic E-state index is -0.0972. The first kappa shape index (κ1) is 10.2. The van der Waals surface area contributed by atoms with Crippen LogP contribution >= 0.6 is 11.6 Å². The van der Waals surface area contributed by atoms with Gasteiger partial charge in [-0.15, -0.1) is 0 Å². The lowest BCUT2D eigenvalue weighted by Crippen LogP contribution is -2.28. The summed E-state index contributed by atoms with van der Waals surface area (Å²) in [5.41, 5.74) is 0.881. The van der Waals surface area contributed by atoms with Crippen LogP contribution in [0.25, 0.3) is 0 Å². The molecule has 1 heterocycles. The Morgan fingerprint density at radius 2 is 1.87 bits per heavy atom. The second-order valence-electron chi connectivity index (χ2n) is 3.50. The number of carbonyl (C=O) groups is 2. The van der Waals surface area contributed by atoms with Crippen LogP contribution in [-0.2, 0) is 16.1 Å². The van der Waals surface area contributed by atoms with Gasteiger partial charge in [-0.2, -0.15) is 0 Å². The molecule has 1 saturated heterocycles. The predicted molar refractivity (Wildman–Crippen MR) is 56.2 cm³/mol. The van der Waals surface area contributed by atoms with Gasteiger partial charge in [0.15, 0.2) is 0 Å². The van der Waals surface area contributed by atoms with Gasteiger partial charge in [-0.05, 0) is 17.7 Å². The summed E-state index contributed by atoms with van der Waals surface area (Å²) in [7, 11) is 0. The van der Waals surface area contributed by atoms with Gasteiger partial charge in [-0.3, -0.25) is 14.5 Å². The van der Waals surface area contributed by atoms with Crippen molar-refractivity contribution in [2.75, 3.05) is 0 Å². The molecule has 0 aliphatic carbocycles. The highest BCUT2D eigenvalue weighted by Gasteiger charge is 2.28. The highest BCUT2D eigenvalue weighted by Crippen LogP contribution is 2.17. The fraction of sp³-hybridized carbons (Fsp3) is 0.273. The fourth-order valence-electron chi connectivity index (χ4n) is 1.62. The van der Waals surface area contributed by atoms with Crippen LogP contribution in [-0.4, -0.2) is 16.7 Å². The van der Waals surface area contributed by atoms with Crippen LogP contribution in [0.2, 0.25) is 5.02 Å². The van der Waals surface area contributed by atoms with Crippen molar-refractivity contribution in [2.24, 2.45) is 0 Å². The van der Waals surface area contributed by atoms with Crippen molar-refractivity contribution in [1.82, 2.24) is 4.90 Å². The van der Waals surface area contributed by atoms with E-state index in [1.165, 1.54) is 4.90 Å². The molecule has 0 spiro atoms. The van der Waals surface area contributed by atoms with Crippen LogP contribution in [0.4, 0.5) is 0 Å². The van der Waals surface area contributed by atoms with Crippen LogP contribution in [0.3, 0.4) is 0 Å². The van der Waals surface area contributed by atoms with Gasteiger partial charge < -0.3 is 0 Å². The minimum absolute atomic E-state index is 0.0972. The highest BCUT2D eigenvalue weighted by atomic mass is 35.5. The van der Waals surface area contributed by atoms with Crippen LogP contribution in [0, 0.1) is 0 Å². The lowest BCUT2D eigenvalue weighted by molar-refractivity contribution is -0.139. The molecule has 0 radical (unpaired) electrons. The van der Waals surface area contributed by atoms with Crippen LogP contribution in [0.1, 0.15) is 18.4 Å². The van der Waals surface area contributed by atoms with Gasteiger partial charge in [0.05, 0.1) is 6.54 Å². The first-order chi connectivity index (χ1) is 7.16. The van der Waals surface area contributed by atoms with E-state index >= 15 is 0 Å². The summed E-state index contributed by atoms with van der Waals surface area (Å²) >= 11 is 5.81. The van der Waals surface area contributed by atoms with Gasteiger partial charge in [0.2, 0.25) is 11.8 Å². The summed E-state index contributed by atoms with van der Waals surface area (Å²) < 4.78 is 0. The van der Waals surface area contributed by atoms with Crippen LogP contribution < -0.4 is 0 Å². The number of amides is 2. The molecule has 0 unspecified atom stereocenters. The summed E-state index contributed by atoms with van der Waals surface area (Å²) in [5, 5.41) is 0.617. The molecule has 0 saturated carbocycles. The predicted octanol–water partition coefficient (Wildman–Crippen LogP) is 1.99. The van der Waals surface area contributed by atoms with E-state index in [0.717, 1.165) is 5.56 Å². The van der Waals surface area contributed by atoms with Gasteiger partial charge in [-0.25, -0.2) is 0 Å². The lowest BCUT2D eigenvalue weighted by Gasteiger charge is -2.13. The van der Waals surface area contributed by atoms with Gasteiger partial charge in [-0.1, -0.05) is 23.7 Å². The minimum Gasteiger partial charge on any atom is -0.278 e. The smallest absolute Gasteiger partial charge is 0.229 e. The van der Waals surface area contributed by atoms with Gasteiger partial charge >= 0.3 is 0 Å². The number of imide groups is 1. The Labute approximate surface area is 92.6 Å². The topological polar surface area (TPSA) is 37.4 Å². The van der Waals surface area contributed by atoms with Gasteiger partial charge in [0, 0.05) is 17.9 Å². The molecule has 1 aromatic rings. The van der Waals surface area contributed by atoms with E-state index in [2.05, 4.69) is 0 Å². The maximum Gasteiger partial charge on any atom is 0.229 e. The van der Waals surface area contributed by atoms with E-state index < -0.39 is 0 Å². The third-order valence-corrected chi connectivity index (χ3v) is 2.62. The molecule has 15 heavy (non-hydrogen) atoms. The average molecular weight is 224 g/mol. The molecule has 0 atom stereocenters. The van der Waals surface area contributed by atoms with Crippen molar-refractivity contribution >= 4 is 23.4 Å². The zero-order chi connectivity index (χ0) is 10.8. The number of halogens is 1. The largest absolute Gasteiger partial charge is 0.278 e. The molecule has 4 heteroatoms. The molecule has 2 amide bonds. The zero-order valence-electron chi connectivity index (χ0n) is 8.07. The zero-order valence-corrected chi connectivity index (χ0v) is 8.83. The maximum atomic E-state index is 11.3.